The molecule has 0 aliphatic carbocycles. The van der Waals surface area contributed by atoms with Crippen LogP contribution in [0.15, 0.2) is 0 Å². The van der Waals surface area contributed by atoms with Crippen LogP contribution in [0.4, 0.5) is 0 Å². The number of amides is 1. The van der Waals surface area contributed by atoms with Crippen LogP contribution in [0.2, 0.25) is 0 Å². The summed E-state index contributed by atoms with van der Waals surface area (Å²) in [5, 5.41) is 3.29. The fraction of sp³-hybridized carbons (Fsp3) is 0.917. The normalized spacial score (nSPS) is 28.0. The minimum absolute atomic E-state index is 0.00315. The smallest absolute Gasteiger partial charge is 0.241 e. The van der Waals surface area contributed by atoms with E-state index in [2.05, 4.69) is 10.2 Å². The van der Waals surface area contributed by atoms with E-state index in [1.54, 1.807) is 0 Å². The van der Waals surface area contributed by atoms with E-state index in [0.717, 1.165) is 45.7 Å². The van der Waals surface area contributed by atoms with Crippen molar-refractivity contribution in [1.29, 1.82) is 0 Å². The fourth-order valence-electron chi connectivity index (χ4n) is 2.57. The van der Waals surface area contributed by atoms with Crippen LogP contribution in [0.1, 0.15) is 12.8 Å². The number of ether oxygens (including phenoxy) is 1. The van der Waals surface area contributed by atoms with Gasteiger partial charge in [-0.3, -0.25) is 9.69 Å². The second kappa shape index (κ2) is 5.80. The molecule has 5 heteroatoms. The van der Waals surface area contributed by atoms with Crippen LogP contribution >= 0.6 is 0 Å². The van der Waals surface area contributed by atoms with Gasteiger partial charge >= 0.3 is 0 Å². The summed E-state index contributed by atoms with van der Waals surface area (Å²) in [5.41, 5.74) is 0. The number of carbonyl (C=O) groups excluding carboxylic acids is 1. The first-order valence-corrected chi connectivity index (χ1v) is 6.45. The minimum atomic E-state index is -0.00315. The van der Waals surface area contributed by atoms with Crippen molar-refractivity contribution in [2.24, 2.45) is 0 Å². The van der Waals surface area contributed by atoms with E-state index < -0.39 is 0 Å². The second-order valence-corrected chi connectivity index (χ2v) is 4.99. The van der Waals surface area contributed by atoms with E-state index in [-0.39, 0.29) is 11.9 Å². The monoisotopic (exact) mass is 241 g/mol. The van der Waals surface area contributed by atoms with Gasteiger partial charge in [0.05, 0.1) is 0 Å². The zero-order valence-electron chi connectivity index (χ0n) is 10.8. The third kappa shape index (κ3) is 2.97. The van der Waals surface area contributed by atoms with Crippen molar-refractivity contribution in [3.63, 3.8) is 0 Å². The Balaban J connectivity index is 1.92. The van der Waals surface area contributed by atoms with Gasteiger partial charge in [0, 0.05) is 45.9 Å². The standard InChI is InChI=1S/C12H23N3O2/c1-14-6-5-13-9-11(14)12(16)15(2)10-3-7-17-8-4-10/h10-11,13H,3-9H2,1-2H3. The van der Waals surface area contributed by atoms with Gasteiger partial charge in [0.25, 0.3) is 0 Å². The topological polar surface area (TPSA) is 44.8 Å². The second-order valence-electron chi connectivity index (χ2n) is 4.99. The Morgan fingerprint density at radius 1 is 1.41 bits per heavy atom. The molecule has 17 heavy (non-hydrogen) atoms. The number of carbonyl (C=O) groups is 1. The van der Waals surface area contributed by atoms with Crippen molar-refractivity contribution in [1.82, 2.24) is 15.1 Å². The molecule has 0 aromatic rings. The van der Waals surface area contributed by atoms with Crippen LogP contribution in [-0.2, 0) is 9.53 Å². The Morgan fingerprint density at radius 3 is 2.76 bits per heavy atom. The van der Waals surface area contributed by atoms with Gasteiger partial charge in [-0.1, -0.05) is 0 Å². The Bertz CT molecular complexity index is 266. The third-order valence-corrected chi connectivity index (χ3v) is 3.88. The Labute approximate surface area is 103 Å². The molecule has 98 valence electrons. The lowest BCUT2D eigenvalue weighted by atomic mass is 10.1. The lowest BCUT2D eigenvalue weighted by Crippen LogP contribution is -2.58. The molecule has 0 bridgehead atoms. The number of likely N-dealkylation sites (N-methyl/N-ethyl adjacent to an activating group) is 2. The zero-order chi connectivity index (χ0) is 12.3. The minimum Gasteiger partial charge on any atom is -0.381 e. The molecule has 2 aliphatic rings. The molecule has 1 unspecified atom stereocenters. The van der Waals surface area contributed by atoms with Gasteiger partial charge in [-0.25, -0.2) is 0 Å². The number of piperazine rings is 1. The largest absolute Gasteiger partial charge is 0.381 e. The molecule has 1 atom stereocenters. The third-order valence-electron chi connectivity index (χ3n) is 3.88. The highest BCUT2D eigenvalue weighted by atomic mass is 16.5. The van der Waals surface area contributed by atoms with Gasteiger partial charge in [-0.05, 0) is 19.9 Å². The summed E-state index contributed by atoms with van der Waals surface area (Å²) in [5.74, 6) is 0.242. The first-order valence-electron chi connectivity index (χ1n) is 6.45. The first kappa shape index (κ1) is 12.8. The van der Waals surface area contributed by atoms with E-state index in [0.29, 0.717) is 6.04 Å². The number of rotatable bonds is 2. The van der Waals surface area contributed by atoms with Crippen LogP contribution in [0, 0.1) is 0 Å². The Kier molecular flexibility index (Phi) is 4.36. The van der Waals surface area contributed by atoms with Gasteiger partial charge in [0.15, 0.2) is 0 Å². The van der Waals surface area contributed by atoms with Crippen molar-refractivity contribution < 1.29 is 9.53 Å². The van der Waals surface area contributed by atoms with E-state index in [1.807, 2.05) is 19.0 Å². The molecular weight excluding hydrogens is 218 g/mol. The summed E-state index contributed by atoms with van der Waals surface area (Å²) < 4.78 is 5.34. The van der Waals surface area contributed by atoms with E-state index in [4.69, 9.17) is 4.74 Å². The van der Waals surface area contributed by atoms with Crippen molar-refractivity contribution in [3.05, 3.63) is 0 Å². The molecule has 1 N–H and O–H groups in total. The highest BCUT2D eigenvalue weighted by Gasteiger charge is 2.31. The molecule has 0 saturated carbocycles. The van der Waals surface area contributed by atoms with Gasteiger partial charge < -0.3 is 15.0 Å². The molecular formula is C12H23N3O2. The maximum absolute atomic E-state index is 12.4. The van der Waals surface area contributed by atoms with Crippen molar-refractivity contribution in [2.45, 2.75) is 24.9 Å². The molecule has 2 saturated heterocycles. The number of nitrogens with one attached hydrogen (secondary N) is 1. The summed E-state index contributed by atoms with van der Waals surface area (Å²) in [4.78, 5) is 16.5. The maximum atomic E-state index is 12.4. The number of hydrogen-bond donors (Lipinski definition) is 1. The van der Waals surface area contributed by atoms with Crippen LogP contribution in [-0.4, -0.2) is 74.7 Å². The van der Waals surface area contributed by atoms with E-state index in [9.17, 15) is 4.79 Å². The average molecular weight is 241 g/mol. The molecule has 2 fully saturated rings. The molecule has 0 aromatic heterocycles. The van der Waals surface area contributed by atoms with Crippen molar-refractivity contribution in [2.75, 3.05) is 46.9 Å². The molecule has 0 radical (unpaired) electrons. The fourth-order valence-corrected chi connectivity index (χ4v) is 2.57. The summed E-state index contributed by atoms with van der Waals surface area (Å²) in [6.45, 7) is 4.24. The average Bonchev–Trinajstić information content (AvgIpc) is 2.39. The zero-order valence-corrected chi connectivity index (χ0v) is 10.8. The van der Waals surface area contributed by atoms with Crippen LogP contribution in [0.5, 0.6) is 0 Å². The summed E-state index contributed by atoms with van der Waals surface area (Å²) in [6.07, 6.45) is 1.93. The lowest BCUT2D eigenvalue weighted by molar-refractivity contribution is -0.139. The predicted octanol–water partition coefficient (Wildman–Crippen LogP) is -0.473. The summed E-state index contributed by atoms with van der Waals surface area (Å²) in [6, 6.07) is 0.350. The van der Waals surface area contributed by atoms with Crippen molar-refractivity contribution >= 4 is 5.91 Å². The molecule has 1 amide bonds. The van der Waals surface area contributed by atoms with Gasteiger partial charge in [-0.15, -0.1) is 0 Å². The van der Waals surface area contributed by atoms with Crippen molar-refractivity contribution in [3.8, 4) is 0 Å². The Morgan fingerprint density at radius 2 is 2.12 bits per heavy atom. The SMILES string of the molecule is CN1CCNCC1C(=O)N(C)C1CCOCC1. The quantitative estimate of drug-likeness (QED) is 0.710. The van der Waals surface area contributed by atoms with E-state index in [1.165, 1.54) is 0 Å². The highest BCUT2D eigenvalue weighted by Crippen LogP contribution is 2.15. The molecule has 0 spiro atoms. The van der Waals surface area contributed by atoms with E-state index >= 15 is 0 Å². The van der Waals surface area contributed by atoms with Gasteiger partial charge in [0.1, 0.15) is 6.04 Å². The van der Waals surface area contributed by atoms with Gasteiger partial charge in [0.2, 0.25) is 5.91 Å². The first-order chi connectivity index (χ1) is 8.20. The highest BCUT2D eigenvalue weighted by molar-refractivity contribution is 5.82. The van der Waals surface area contributed by atoms with Gasteiger partial charge in [-0.2, -0.15) is 0 Å². The Hall–Kier alpha value is -0.650. The molecule has 2 aliphatic heterocycles. The van der Waals surface area contributed by atoms with Crippen LogP contribution in [0.3, 0.4) is 0 Å². The predicted molar refractivity (Wildman–Crippen MR) is 65.9 cm³/mol. The van der Waals surface area contributed by atoms with Crippen LogP contribution < -0.4 is 5.32 Å². The number of nitrogens with zero attached hydrogens (tertiary/aromatic N) is 2. The van der Waals surface area contributed by atoms with Crippen LogP contribution in [0.25, 0.3) is 0 Å². The maximum Gasteiger partial charge on any atom is 0.241 e. The molecule has 0 aromatic carbocycles. The molecule has 5 nitrogen and oxygen atoms in total. The molecule has 2 rings (SSSR count). The molecule has 2 heterocycles. The number of hydrogen-bond acceptors (Lipinski definition) is 4. The summed E-state index contributed by atoms with van der Waals surface area (Å²) >= 11 is 0. The summed E-state index contributed by atoms with van der Waals surface area (Å²) in [7, 11) is 3.96. The lowest BCUT2D eigenvalue weighted by Gasteiger charge is -2.38.